The molecule has 2 aromatic rings. The van der Waals surface area contributed by atoms with Crippen LogP contribution in [0.25, 0.3) is 0 Å². The summed E-state index contributed by atoms with van der Waals surface area (Å²) in [5, 5.41) is 4.12. The highest BCUT2D eigenvalue weighted by Gasteiger charge is 2.14. The molecule has 0 fully saturated rings. The first-order valence-corrected chi connectivity index (χ1v) is 6.54. The number of rotatable bonds is 3. The largest absolute Gasteiger partial charge is 0.454 e. The molecule has 106 valence electrons. The average Bonchev–Trinajstić information content (AvgIpc) is 3.00. The SMILES string of the molecule is CC(=NNC(=O)c1ccccc1)c1ccc2c(c1)OCO2. The number of hydrogen-bond acceptors (Lipinski definition) is 4. The van der Waals surface area contributed by atoms with Crippen molar-refractivity contribution in [1.29, 1.82) is 0 Å². The Morgan fingerprint density at radius 3 is 2.62 bits per heavy atom. The van der Waals surface area contributed by atoms with Gasteiger partial charge in [0.15, 0.2) is 11.5 Å². The van der Waals surface area contributed by atoms with Gasteiger partial charge in [-0.05, 0) is 37.3 Å². The van der Waals surface area contributed by atoms with Gasteiger partial charge < -0.3 is 9.47 Å². The number of carbonyl (C=O) groups excluding carboxylic acids is 1. The van der Waals surface area contributed by atoms with Crippen LogP contribution in [0.2, 0.25) is 0 Å². The third-order valence-electron chi connectivity index (χ3n) is 3.15. The van der Waals surface area contributed by atoms with Gasteiger partial charge in [-0.2, -0.15) is 5.10 Å². The second-order valence-corrected chi connectivity index (χ2v) is 4.57. The smallest absolute Gasteiger partial charge is 0.271 e. The summed E-state index contributed by atoms with van der Waals surface area (Å²) in [7, 11) is 0. The lowest BCUT2D eigenvalue weighted by Crippen LogP contribution is -2.19. The van der Waals surface area contributed by atoms with Crippen LogP contribution in [0, 0.1) is 0 Å². The molecular formula is C16H14N2O3. The first kappa shape index (κ1) is 13.2. The van der Waals surface area contributed by atoms with Gasteiger partial charge in [0.05, 0.1) is 5.71 Å². The van der Waals surface area contributed by atoms with Crippen LogP contribution in [0.5, 0.6) is 11.5 Å². The maximum atomic E-state index is 11.9. The molecule has 1 aliphatic heterocycles. The van der Waals surface area contributed by atoms with Crippen molar-refractivity contribution < 1.29 is 14.3 Å². The Kier molecular flexibility index (Phi) is 3.55. The zero-order chi connectivity index (χ0) is 14.7. The van der Waals surface area contributed by atoms with E-state index in [0.717, 1.165) is 11.3 Å². The normalized spacial score (nSPS) is 13.1. The standard InChI is InChI=1S/C16H14N2O3/c1-11(13-7-8-14-15(9-13)21-10-20-14)17-18-16(19)12-5-3-2-4-6-12/h2-9H,10H2,1H3,(H,18,19). The van der Waals surface area contributed by atoms with Gasteiger partial charge in [0.1, 0.15) is 0 Å². The lowest BCUT2D eigenvalue weighted by Gasteiger charge is -2.04. The van der Waals surface area contributed by atoms with Crippen molar-refractivity contribution in [1.82, 2.24) is 5.43 Å². The highest BCUT2D eigenvalue weighted by Crippen LogP contribution is 2.32. The molecule has 3 rings (SSSR count). The van der Waals surface area contributed by atoms with Crippen molar-refractivity contribution in [2.75, 3.05) is 6.79 Å². The molecule has 5 nitrogen and oxygen atoms in total. The van der Waals surface area contributed by atoms with Crippen molar-refractivity contribution in [3.05, 3.63) is 59.7 Å². The van der Waals surface area contributed by atoms with Crippen molar-refractivity contribution in [3.8, 4) is 11.5 Å². The van der Waals surface area contributed by atoms with Gasteiger partial charge in [-0.3, -0.25) is 4.79 Å². The van der Waals surface area contributed by atoms with Gasteiger partial charge in [-0.25, -0.2) is 5.43 Å². The quantitative estimate of drug-likeness (QED) is 0.695. The summed E-state index contributed by atoms with van der Waals surface area (Å²) >= 11 is 0. The van der Waals surface area contributed by atoms with Crippen LogP contribution < -0.4 is 14.9 Å². The topological polar surface area (TPSA) is 59.9 Å². The fourth-order valence-corrected chi connectivity index (χ4v) is 1.97. The molecule has 1 aliphatic rings. The van der Waals surface area contributed by atoms with E-state index in [1.54, 1.807) is 12.1 Å². The van der Waals surface area contributed by atoms with Crippen LogP contribution in [-0.4, -0.2) is 18.4 Å². The highest BCUT2D eigenvalue weighted by atomic mass is 16.7. The average molecular weight is 282 g/mol. The predicted octanol–water partition coefficient (Wildman–Crippen LogP) is 2.57. The summed E-state index contributed by atoms with van der Waals surface area (Å²) in [6.45, 7) is 2.06. The maximum Gasteiger partial charge on any atom is 0.271 e. The van der Waals surface area contributed by atoms with Crippen LogP contribution in [0.1, 0.15) is 22.8 Å². The van der Waals surface area contributed by atoms with Crippen LogP contribution in [0.3, 0.4) is 0 Å². The van der Waals surface area contributed by atoms with E-state index < -0.39 is 0 Å². The molecule has 2 aromatic carbocycles. The molecule has 0 unspecified atom stereocenters. The molecule has 1 amide bonds. The second kappa shape index (κ2) is 5.66. The van der Waals surface area contributed by atoms with Gasteiger partial charge in [-0.1, -0.05) is 18.2 Å². The van der Waals surface area contributed by atoms with E-state index in [9.17, 15) is 4.79 Å². The second-order valence-electron chi connectivity index (χ2n) is 4.57. The van der Waals surface area contributed by atoms with E-state index in [1.807, 2.05) is 43.3 Å². The van der Waals surface area contributed by atoms with E-state index in [0.29, 0.717) is 17.0 Å². The first-order chi connectivity index (χ1) is 10.2. The molecule has 5 heteroatoms. The minimum absolute atomic E-state index is 0.236. The molecule has 0 aliphatic carbocycles. The lowest BCUT2D eigenvalue weighted by atomic mass is 10.1. The van der Waals surface area contributed by atoms with Crippen molar-refractivity contribution in [3.63, 3.8) is 0 Å². The minimum Gasteiger partial charge on any atom is -0.454 e. The minimum atomic E-state index is -0.240. The summed E-state index contributed by atoms with van der Waals surface area (Å²) in [6.07, 6.45) is 0. The van der Waals surface area contributed by atoms with Crippen LogP contribution >= 0.6 is 0 Å². The molecule has 0 aromatic heterocycles. The zero-order valence-corrected chi connectivity index (χ0v) is 11.5. The molecule has 0 radical (unpaired) electrons. The molecule has 0 atom stereocenters. The Morgan fingerprint density at radius 1 is 1.05 bits per heavy atom. The van der Waals surface area contributed by atoms with E-state index in [-0.39, 0.29) is 12.7 Å². The van der Waals surface area contributed by atoms with E-state index in [1.165, 1.54) is 0 Å². The number of hydrazone groups is 1. The third kappa shape index (κ3) is 2.86. The summed E-state index contributed by atoms with van der Waals surface area (Å²) in [5.74, 6) is 1.17. The van der Waals surface area contributed by atoms with Crippen LogP contribution in [0.4, 0.5) is 0 Å². The number of benzene rings is 2. The third-order valence-corrected chi connectivity index (χ3v) is 3.15. The lowest BCUT2D eigenvalue weighted by molar-refractivity contribution is 0.0955. The van der Waals surface area contributed by atoms with Gasteiger partial charge in [0.25, 0.3) is 5.91 Å². The van der Waals surface area contributed by atoms with Crippen molar-refractivity contribution >= 4 is 11.6 Å². The molecule has 0 bridgehead atoms. The molecule has 0 spiro atoms. The number of amides is 1. The Morgan fingerprint density at radius 2 is 1.81 bits per heavy atom. The van der Waals surface area contributed by atoms with Crippen molar-refractivity contribution in [2.24, 2.45) is 5.10 Å². The molecule has 0 saturated heterocycles. The van der Waals surface area contributed by atoms with Crippen LogP contribution in [0.15, 0.2) is 53.6 Å². The molecule has 1 heterocycles. The van der Waals surface area contributed by atoms with E-state index in [2.05, 4.69) is 10.5 Å². The van der Waals surface area contributed by atoms with Gasteiger partial charge in [-0.15, -0.1) is 0 Å². The number of nitrogens with zero attached hydrogens (tertiary/aromatic N) is 1. The number of fused-ring (bicyclic) bond motifs is 1. The maximum absolute atomic E-state index is 11.9. The van der Waals surface area contributed by atoms with Gasteiger partial charge in [0, 0.05) is 11.1 Å². The number of nitrogens with one attached hydrogen (secondary N) is 1. The summed E-state index contributed by atoms with van der Waals surface area (Å²) in [5.41, 5.74) is 4.67. The summed E-state index contributed by atoms with van der Waals surface area (Å²) < 4.78 is 10.6. The Bertz CT molecular complexity index is 696. The van der Waals surface area contributed by atoms with Crippen molar-refractivity contribution in [2.45, 2.75) is 6.92 Å². The summed E-state index contributed by atoms with van der Waals surface area (Å²) in [6, 6.07) is 14.5. The van der Waals surface area contributed by atoms with Crippen LogP contribution in [-0.2, 0) is 0 Å². The molecule has 0 saturated carbocycles. The highest BCUT2D eigenvalue weighted by molar-refractivity contribution is 6.01. The van der Waals surface area contributed by atoms with Gasteiger partial charge >= 0.3 is 0 Å². The zero-order valence-electron chi connectivity index (χ0n) is 11.5. The van der Waals surface area contributed by atoms with E-state index >= 15 is 0 Å². The summed E-state index contributed by atoms with van der Waals surface area (Å²) in [4.78, 5) is 11.9. The fraction of sp³-hybridized carbons (Fsp3) is 0.125. The van der Waals surface area contributed by atoms with Gasteiger partial charge in [0.2, 0.25) is 6.79 Å². The number of ether oxygens (including phenoxy) is 2. The molecule has 21 heavy (non-hydrogen) atoms. The Labute approximate surface area is 122 Å². The Balaban J connectivity index is 1.73. The molecular weight excluding hydrogens is 268 g/mol. The first-order valence-electron chi connectivity index (χ1n) is 6.54. The van der Waals surface area contributed by atoms with E-state index in [4.69, 9.17) is 9.47 Å². The number of hydrogen-bond donors (Lipinski definition) is 1. The number of carbonyl (C=O) groups is 1. The monoisotopic (exact) mass is 282 g/mol. The predicted molar refractivity (Wildman–Crippen MR) is 78.7 cm³/mol. The fourth-order valence-electron chi connectivity index (χ4n) is 1.97. The Hall–Kier alpha value is -2.82. The molecule has 1 N–H and O–H groups in total.